The van der Waals surface area contributed by atoms with Gasteiger partial charge in [0, 0.05) is 24.4 Å². The molecule has 100 valence electrons. The maximum absolute atomic E-state index is 5.36. The summed E-state index contributed by atoms with van der Waals surface area (Å²) in [5.74, 6) is 2.45. The lowest BCUT2D eigenvalue weighted by molar-refractivity contribution is 0.391. The highest BCUT2D eigenvalue weighted by Crippen LogP contribution is 2.25. The molecule has 0 atom stereocenters. The maximum Gasteiger partial charge on any atom is 0.127 e. The number of pyridine rings is 1. The van der Waals surface area contributed by atoms with Gasteiger partial charge in [-0.15, -0.1) is 0 Å². The Morgan fingerprint density at radius 3 is 2.63 bits per heavy atom. The average molecular weight is 258 g/mol. The molecule has 4 heteroatoms. The van der Waals surface area contributed by atoms with E-state index in [4.69, 9.17) is 9.47 Å². The molecule has 1 aromatic carbocycles. The smallest absolute Gasteiger partial charge is 0.127 e. The second kappa shape index (κ2) is 6.09. The molecule has 19 heavy (non-hydrogen) atoms. The Balaban J connectivity index is 2.11. The summed E-state index contributed by atoms with van der Waals surface area (Å²) in [6.07, 6.45) is 1.79. The number of benzene rings is 1. The Hall–Kier alpha value is -2.23. The fourth-order valence-corrected chi connectivity index (χ4v) is 1.82. The summed E-state index contributed by atoms with van der Waals surface area (Å²) >= 11 is 0. The highest BCUT2D eigenvalue weighted by Gasteiger charge is 2.05. The van der Waals surface area contributed by atoms with Gasteiger partial charge in [-0.1, -0.05) is 0 Å². The first-order valence-electron chi connectivity index (χ1n) is 6.10. The SMILES string of the molecule is COc1ccc(CNc2cc(C)ccn2)c(OC)c1. The van der Waals surface area contributed by atoms with Crippen LogP contribution >= 0.6 is 0 Å². The molecule has 0 fully saturated rings. The molecule has 4 nitrogen and oxygen atoms in total. The van der Waals surface area contributed by atoms with Crippen LogP contribution in [0.5, 0.6) is 11.5 Å². The van der Waals surface area contributed by atoms with E-state index in [1.807, 2.05) is 37.3 Å². The second-order valence-electron chi connectivity index (χ2n) is 4.25. The van der Waals surface area contributed by atoms with Crippen LogP contribution in [0.2, 0.25) is 0 Å². The molecule has 0 bridgehead atoms. The van der Waals surface area contributed by atoms with Gasteiger partial charge in [0.25, 0.3) is 0 Å². The first kappa shape index (κ1) is 13.2. The molecule has 0 radical (unpaired) electrons. The molecule has 0 spiro atoms. The van der Waals surface area contributed by atoms with Crippen molar-refractivity contribution in [2.24, 2.45) is 0 Å². The van der Waals surface area contributed by atoms with Crippen molar-refractivity contribution in [2.75, 3.05) is 19.5 Å². The van der Waals surface area contributed by atoms with Crippen LogP contribution < -0.4 is 14.8 Å². The molecule has 1 heterocycles. The zero-order valence-electron chi connectivity index (χ0n) is 11.4. The molecule has 1 aromatic heterocycles. The van der Waals surface area contributed by atoms with Gasteiger partial charge in [-0.25, -0.2) is 4.98 Å². The van der Waals surface area contributed by atoms with Crippen molar-refractivity contribution in [3.05, 3.63) is 47.7 Å². The van der Waals surface area contributed by atoms with E-state index in [-0.39, 0.29) is 0 Å². The molecule has 0 saturated carbocycles. The lowest BCUT2D eigenvalue weighted by Gasteiger charge is -2.11. The number of aryl methyl sites for hydroxylation is 1. The average Bonchev–Trinajstić information content (AvgIpc) is 2.45. The molecule has 1 N–H and O–H groups in total. The number of aromatic nitrogens is 1. The summed E-state index contributed by atoms with van der Waals surface area (Å²) in [5.41, 5.74) is 2.24. The van der Waals surface area contributed by atoms with E-state index in [9.17, 15) is 0 Å². The molecule has 0 saturated heterocycles. The van der Waals surface area contributed by atoms with Gasteiger partial charge in [0.15, 0.2) is 0 Å². The minimum absolute atomic E-state index is 0.656. The van der Waals surface area contributed by atoms with E-state index in [2.05, 4.69) is 10.3 Å². The second-order valence-corrected chi connectivity index (χ2v) is 4.25. The van der Waals surface area contributed by atoms with Crippen molar-refractivity contribution in [1.82, 2.24) is 4.98 Å². The Labute approximate surface area is 113 Å². The summed E-state index contributed by atoms with van der Waals surface area (Å²) in [5, 5.41) is 3.28. The Morgan fingerprint density at radius 2 is 1.95 bits per heavy atom. The van der Waals surface area contributed by atoms with Crippen LogP contribution in [-0.4, -0.2) is 19.2 Å². The van der Waals surface area contributed by atoms with Crippen molar-refractivity contribution in [3.8, 4) is 11.5 Å². The fraction of sp³-hybridized carbons (Fsp3) is 0.267. The third-order valence-electron chi connectivity index (χ3n) is 2.87. The fourth-order valence-electron chi connectivity index (χ4n) is 1.82. The first-order chi connectivity index (χ1) is 9.22. The Morgan fingerprint density at radius 1 is 1.11 bits per heavy atom. The van der Waals surface area contributed by atoms with E-state index in [0.717, 1.165) is 22.9 Å². The number of methoxy groups -OCH3 is 2. The van der Waals surface area contributed by atoms with Crippen LogP contribution in [-0.2, 0) is 6.54 Å². The van der Waals surface area contributed by atoms with Gasteiger partial charge in [0.2, 0.25) is 0 Å². The van der Waals surface area contributed by atoms with E-state index in [0.29, 0.717) is 6.54 Å². The number of rotatable bonds is 5. The Kier molecular flexibility index (Phi) is 4.23. The van der Waals surface area contributed by atoms with Gasteiger partial charge in [-0.05, 0) is 36.8 Å². The summed E-state index contributed by atoms with van der Waals surface area (Å²) in [6, 6.07) is 9.76. The largest absolute Gasteiger partial charge is 0.497 e. The number of hydrogen-bond acceptors (Lipinski definition) is 4. The van der Waals surface area contributed by atoms with Gasteiger partial charge in [0.1, 0.15) is 17.3 Å². The van der Waals surface area contributed by atoms with Crippen molar-refractivity contribution in [2.45, 2.75) is 13.5 Å². The van der Waals surface area contributed by atoms with Crippen LogP contribution in [0.1, 0.15) is 11.1 Å². The molecule has 0 aliphatic carbocycles. The zero-order chi connectivity index (χ0) is 13.7. The number of hydrogen-bond donors (Lipinski definition) is 1. The third kappa shape index (κ3) is 3.37. The zero-order valence-corrected chi connectivity index (χ0v) is 11.4. The van der Waals surface area contributed by atoms with Gasteiger partial charge in [-0.2, -0.15) is 0 Å². The number of anilines is 1. The standard InChI is InChI=1S/C15H18N2O2/c1-11-6-7-16-15(8-11)17-10-12-4-5-13(18-2)9-14(12)19-3/h4-9H,10H2,1-3H3,(H,16,17). The van der Waals surface area contributed by atoms with Crippen molar-refractivity contribution in [3.63, 3.8) is 0 Å². The van der Waals surface area contributed by atoms with E-state index in [1.54, 1.807) is 20.4 Å². The summed E-state index contributed by atoms with van der Waals surface area (Å²) in [4.78, 5) is 4.27. The first-order valence-corrected chi connectivity index (χ1v) is 6.10. The molecule has 2 rings (SSSR count). The topological polar surface area (TPSA) is 43.4 Å². The molecule has 2 aromatic rings. The normalized spacial score (nSPS) is 10.1. The van der Waals surface area contributed by atoms with Gasteiger partial charge >= 0.3 is 0 Å². The highest BCUT2D eigenvalue weighted by atomic mass is 16.5. The van der Waals surface area contributed by atoms with Crippen LogP contribution in [0.25, 0.3) is 0 Å². The summed E-state index contributed by atoms with van der Waals surface area (Å²) in [6.45, 7) is 2.70. The minimum atomic E-state index is 0.656. The predicted molar refractivity (Wildman–Crippen MR) is 75.8 cm³/mol. The van der Waals surface area contributed by atoms with Gasteiger partial charge < -0.3 is 14.8 Å². The van der Waals surface area contributed by atoms with Crippen molar-refractivity contribution >= 4 is 5.82 Å². The quantitative estimate of drug-likeness (QED) is 0.895. The molecule has 0 amide bonds. The van der Waals surface area contributed by atoms with Crippen LogP contribution in [0.3, 0.4) is 0 Å². The molecule has 0 aliphatic rings. The highest BCUT2D eigenvalue weighted by molar-refractivity contribution is 5.44. The molecule has 0 aliphatic heterocycles. The molecular weight excluding hydrogens is 240 g/mol. The number of nitrogens with zero attached hydrogens (tertiary/aromatic N) is 1. The van der Waals surface area contributed by atoms with Gasteiger partial charge in [0.05, 0.1) is 14.2 Å². The minimum Gasteiger partial charge on any atom is -0.497 e. The summed E-state index contributed by atoms with van der Waals surface area (Å²) < 4.78 is 10.5. The number of nitrogens with one attached hydrogen (secondary N) is 1. The van der Waals surface area contributed by atoms with E-state index >= 15 is 0 Å². The monoisotopic (exact) mass is 258 g/mol. The van der Waals surface area contributed by atoms with Crippen LogP contribution in [0.15, 0.2) is 36.5 Å². The van der Waals surface area contributed by atoms with Crippen LogP contribution in [0.4, 0.5) is 5.82 Å². The lowest BCUT2D eigenvalue weighted by atomic mass is 10.2. The predicted octanol–water partition coefficient (Wildman–Crippen LogP) is 3.02. The lowest BCUT2D eigenvalue weighted by Crippen LogP contribution is -2.03. The molecular formula is C15H18N2O2. The van der Waals surface area contributed by atoms with Gasteiger partial charge in [-0.3, -0.25) is 0 Å². The van der Waals surface area contributed by atoms with Crippen molar-refractivity contribution < 1.29 is 9.47 Å². The summed E-state index contributed by atoms with van der Waals surface area (Å²) in [7, 11) is 3.30. The van der Waals surface area contributed by atoms with E-state index < -0.39 is 0 Å². The molecule has 0 unspecified atom stereocenters. The van der Waals surface area contributed by atoms with Crippen molar-refractivity contribution in [1.29, 1.82) is 0 Å². The maximum atomic E-state index is 5.36. The third-order valence-corrected chi connectivity index (χ3v) is 2.87. The number of ether oxygens (including phenoxy) is 2. The van der Waals surface area contributed by atoms with Crippen LogP contribution in [0, 0.1) is 6.92 Å². The Bertz CT molecular complexity index is 556. The van der Waals surface area contributed by atoms with E-state index in [1.165, 1.54) is 5.56 Å².